The fourth-order valence-corrected chi connectivity index (χ4v) is 1.96. The van der Waals surface area contributed by atoms with E-state index in [0.717, 1.165) is 0 Å². The lowest BCUT2D eigenvalue weighted by atomic mass is 10.2. The van der Waals surface area contributed by atoms with Crippen molar-refractivity contribution in [3.63, 3.8) is 0 Å². The van der Waals surface area contributed by atoms with Crippen molar-refractivity contribution in [1.82, 2.24) is 0 Å². The molecule has 7 heteroatoms. The maximum Gasteiger partial charge on any atom is 0.293 e. The Kier molecular flexibility index (Phi) is 4.01. The van der Waals surface area contributed by atoms with Crippen LogP contribution in [0.2, 0.25) is 5.02 Å². The van der Waals surface area contributed by atoms with Gasteiger partial charge in [-0.15, -0.1) is 0 Å². The van der Waals surface area contributed by atoms with Gasteiger partial charge in [-0.1, -0.05) is 27.5 Å². The summed E-state index contributed by atoms with van der Waals surface area (Å²) in [4.78, 5) is 10.4. The fraction of sp³-hybridized carbons (Fsp3) is 0. The van der Waals surface area contributed by atoms with Gasteiger partial charge in [0.1, 0.15) is 11.5 Å². The summed E-state index contributed by atoms with van der Waals surface area (Å²) in [5, 5.41) is 13.7. The topological polar surface area (TPSA) is 55.2 Å². The molecule has 2 aromatic carbocycles. The molecule has 0 bridgehead atoms. The molecule has 0 radical (unpaired) electrons. The highest BCUT2D eigenvalue weighted by Crippen LogP contribution is 2.31. The zero-order valence-electron chi connectivity index (χ0n) is 9.36. The number of anilines is 2. The maximum absolute atomic E-state index is 13.3. The second-order valence-corrected chi connectivity index (χ2v) is 5.00. The summed E-state index contributed by atoms with van der Waals surface area (Å²) >= 11 is 8.73. The van der Waals surface area contributed by atoms with Gasteiger partial charge in [-0.2, -0.15) is 0 Å². The number of halogens is 3. The maximum atomic E-state index is 13.3. The zero-order chi connectivity index (χ0) is 14.0. The van der Waals surface area contributed by atoms with Crippen molar-refractivity contribution in [1.29, 1.82) is 0 Å². The molecule has 98 valence electrons. The molecular formula is C12H7BrClFN2O2. The summed E-state index contributed by atoms with van der Waals surface area (Å²) in [6.45, 7) is 0. The van der Waals surface area contributed by atoms with E-state index in [1.807, 2.05) is 0 Å². The van der Waals surface area contributed by atoms with Crippen LogP contribution < -0.4 is 5.32 Å². The van der Waals surface area contributed by atoms with E-state index >= 15 is 0 Å². The van der Waals surface area contributed by atoms with Crippen LogP contribution >= 0.6 is 27.5 Å². The first kappa shape index (κ1) is 13.8. The van der Waals surface area contributed by atoms with Crippen molar-refractivity contribution >= 4 is 44.6 Å². The Morgan fingerprint density at radius 3 is 2.63 bits per heavy atom. The Balaban J connectivity index is 2.37. The van der Waals surface area contributed by atoms with Gasteiger partial charge in [-0.05, 0) is 30.3 Å². The van der Waals surface area contributed by atoms with Crippen LogP contribution in [-0.4, -0.2) is 4.92 Å². The molecule has 0 aliphatic carbocycles. The van der Waals surface area contributed by atoms with Gasteiger partial charge < -0.3 is 5.32 Å². The average molecular weight is 346 g/mol. The SMILES string of the molecule is O=[N+]([O-])c1cc(Br)ccc1Nc1ccc(Cl)c(F)c1. The van der Waals surface area contributed by atoms with E-state index in [1.54, 1.807) is 6.07 Å². The lowest BCUT2D eigenvalue weighted by molar-refractivity contribution is -0.384. The van der Waals surface area contributed by atoms with Crippen LogP contribution in [-0.2, 0) is 0 Å². The van der Waals surface area contributed by atoms with E-state index in [-0.39, 0.29) is 16.4 Å². The highest BCUT2D eigenvalue weighted by atomic mass is 79.9. The van der Waals surface area contributed by atoms with Gasteiger partial charge in [-0.3, -0.25) is 10.1 Å². The molecule has 0 aromatic heterocycles. The summed E-state index contributed by atoms with van der Waals surface area (Å²) in [7, 11) is 0. The number of nitrogens with one attached hydrogen (secondary N) is 1. The van der Waals surface area contributed by atoms with E-state index in [0.29, 0.717) is 10.2 Å². The molecule has 0 heterocycles. The summed E-state index contributed by atoms with van der Waals surface area (Å²) in [6, 6.07) is 8.65. The normalized spacial score (nSPS) is 10.3. The third kappa shape index (κ3) is 3.21. The molecule has 0 fully saturated rings. The van der Waals surface area contributed by atoms with E-state index < -0.39 is 10.7 Å². The van der Waals surface area contributed by atoms with Crippen molar-refractivity contribution in [2.24, 2.45) is 0 Å². The molecule has 2 aromatic rings. The van der Waals surface area contributed by atoms with Crippen molar-refractivity contribution in [2.45, 2.75) is 0 Å². The number of nitro groups is 1. The predicted molar refractivity (Wildman–Crippen MR) is 75.5 cm³/mol. The lowest BCUT2D eigenvalue weighted by Gasteiger charge is -2.08. The van der Waals surface area contributed by atoms with E-state index in [4.69, 9.17) is 11.6 Å². The number of benzene rings is 2. The van der Waals surface area contributed by atoms with Gasteiger partial charge in [0.15, 0.2) is 0 Å². The average Bonchev–Trinajstić information content (AvgIpc) is 2.36. The van der Waals surface area contributed by atoms with Gasteiger partial charge in [-0.25, -0.2) is 4.39 Å². The third-order valence-electron chi connectivity index (χ3n) is 2.36. The molecular weight excluding hydrogens is 338 g/mol. The highest BCUT2D eigenvalue weighted by molar-refractivity contribution is 9.10. The van der Waals surface area contributed by atoms with Gasteiger partial charge in [0.05, 0.1) is 9.95 Å². The van der Waals surface area contributed by atoms with E-state index in [2.05, 4.69) is 21.2 Å². The minimum Gasteiger partial charge on any atom is -0.350 e. The highest BCUT2D eigenvalue weighted by Gasteiger charge is 2.14. The Bertz CT molecular complexity index is 652. The van der Waals surface area contributed by atoms with Gasteiger partial charge in [0.2, 0.25) is 0 Å². The second-order valence-electron chi connectivity index (χ2n) is 3.67. The third-order valence-corrected chi connectivity index (χ3v) is 3.15. The molecule has 0 amide bonds. The van der Waals surface area contributed by atoms with Crippen molar-refractivity contribution in [3.05, 3.63) is 61.8 Å². The molecule has 1 N–H and O–H groups in total. The first-order chi connectivity index (χ1) is 8.97. The van der Waals surface area contributed by atoms with Crippen molar-refractivity contribution < 1.29 is 9.31 Å². The Labute approximate surface area is 121 Å². The van der Waals surface area contributed by atoms with Crippen LogP contribution in [0.4, 0.5) is 21.5 Å². The Morgan fingerprint density at radius 1 is 1.26 bits per heavy atom. The van der Waals surface area contributed by atoms with Gasteiger partial charge in [0, 0.05) is 16.2 Å². The smallest absolute Gasteiger partial charge is 0.293 e. The number of nitro benzene ring substituents is 1. The molecule has 0 spiro atoms. The van der Waals surface area contributed by atoms with Crippen LogP contribution in [0.3, 0.4) is 0 Å². The van der Waals surface area contributed by atoms with Crippen LogP contribution in [0.25, 0.3) is 0 Å². The van der Waals surface area contributed by atoms with Gasteiger partial charge >= 0.3 is 0 Å². The zero-order valence-corrected chi connectivity index (χ0v) is 11.7. The Morgan fingerprint density at radius 2 is 2.00 bits per heavy atom. The first-order valence-electron chi connectivity index (χ1n) is 5.13. The molecule has 0 aliphatic heterocycles. The minimum absolute atomic E-state index is 0.00384. The standard InChI is InChI=1S/C12H7BrClFN2O2/c13-7-1-4-11(12(5-7)17(18)19)16-8-2-3-9(14)10(15)6-8/h1-6,16H. The molecule has 0 unspecified atom stereocenters. The summed E-state index contributed by atoms with van der Waals surface area (Å²) in [6.07, 6.45) is 0. The molecule has 4 nitrogen and oxygen atoms in total. The van der Waals surface area contributed by atoms with Crippen LogP contribution in [0.15, 0.2) is 40.9 Å². The largest absolute Gasteiger partial charge is 0.350 e. The first-order valence-corrected chi connectivity index (χ1v) is 6.30. The van der Waals surface area contributed by atoms with Crippen molar-refractivity contribution in [2.75, 3.05) is 5.32 Å². The van der Waals surface area contributed by atoms with E-state index in [1.165, 1.54) is 30.3 Å². The molecule has 0 aliphatic rings. The van der Waals surface area contributed by atoms with Crippen molar-refractivity contribution in [3.8, 4) is 0 Å². The predicted octanol–water partition coefficient (Wildman–Crippen LogP) is 4.89. The second kappa shape index (κ2) is 5.54. The number of hydrogen-bond donors (Lipinski definition) is 1. The minimum atomic E-state index is -0.591. The summed E-state index contributed by atoms with van der Waals surface area (Å²) < 4.78 is 13.9. The number of hydrogen-bond acceptors (Lipinski definition) is 3. The number of nitrogens with zero attached hydrogens (tertiary/aromatic N) is 1. The Hall–Kier alpha value is -1.66. The van der Waals surface area contributed by atoms with Crippen LogP contribution in [0.5, 0.6) is 0 Å². The molecule has 19 heavy (non-hydrogen) atoms. The fourth-order valence-electron chi connectivity index (χ4n) is 1.49. The van der Waals surface area contributed by atoms with Crippen LogP contribution in [0.1, 0.15) is 0 Å². The van der Waals surface area contributed by atoms with Gasteiger partial charge in [0.25, 0.3) is 5.69 Å². The molecule has 2 rings (SSSR count). The monoisotopic (exact) mass is 344 g/mol. The molecule has 0 saturated carbocycles. The molecule has 0 atom stereocenters. The van der Waals surface area contributed by atoms with E-state index in [9.17, 15) is 14.5 Å². The summed E-state index contributed by atoms with van der Waals surface area (Å²) in [5.41, 5.74) is 0.548. The van der Waals surface area contributed by atoms with Crippen LogP contribution in [0, 0.1) is 15.9 Å². The quantitative estimate of drug-likeness (QED) is 0.636. The molecule has 0 saturated heterocycles. The summed E-state index contributed by atoms with van der Waals surface area (Å²) in [5.74, 6) is -0.591. The lowest BCUT2D eigenvalue weighted by Crippen LogP contribution is -1.97. The number of rotatable bonds is 3.